The lowest BCUT2D eigenvalue weighted by atomic mass is 9.95. The van der Waals surface area contributed by atoms with Crippen LogP contribution in [-0.2, 0) is 0 Å². The molecule has 0 N–H and O–H groups in total. The number of rotatable bonds is 4. The fraction of sp³-hybridized carbons (Fsp3) is 0.0417. The van der Waals surface area contributed by atoms with Crippen LogP contribution in [0.4, 0.5) is 0 Å². The van der Waals surface area contributed by atoms with E-state index in [9.17, 15) is 4.79 Å². The molecule has 0 bridgehead atoms. The summed E-state index contributed by atoms with van der Waals surface area (Å²) in [4.78, 5) is 12.1. The second-order valence-corrected chi connectivity index (χ2v) is 6.14. The standard InChI is InChI=1S/C24H18O3/c1-26-21-13-8-14-22-24(21)19(16-23(25)27-22)15-20(17-9-4-2-5-10-17)18-11-6-3-7-12-18/h2-16H,1H3. The van der Waals surface area contributed by atoms with Crippen LogP contribution >= 0.6 is 0 Å². The Labute approximate surface area is 157 Å². The summed E-state index contributed by atoms with van der Waals surface area (Å²) >= 11 is 0. The van der Waals surface area contributed by atoms with E-state index in [2.05, 4.69) is 24.3 Å². The predicted molar refractivity (Wildman–Crippen MR) is 109 cm³/mol. The van der Waals surface area contributed by atoms with Crippen LogP contribution in [0.15, 0.2) is 94.1 Å². The average Bonchev–Trinajstić information content (AvgIpc) is 2.72. The molecule has 3 aromatic carbocycles. The van der Waals surface area contributed by atoms with Crippen molar-refractivity contribution in [2.45, 2.75) is 0 Å². The van der Waals surface area contributed by atoms with Crippen LogP contribution in [0.25, 0.3) is 22.6 Å². The minimum Gasteiger partial charge on any atom is -0.496 e. The monoisotopic (exact) mass is 354 g/mol. The molecule has 0 aliphatic carbocycles. The Hall–Kier alpha value is -3.59. The first kappa shape index (κ1) is 16.9. The second-order valence-electron chi connectivity index (χ2n) is 6.14. The van der Waals surface area contributed by atoms with Crippen molar-refractivity contribution in [1.29, 1.82) is 0 Å². The lowest BCUT2D eigenvalue weighted by Crippen LogP contribution is -2.00. The molecule has 0 radical (unpaired) electrons. The van der Waals surface area contributed by atoms with Gasteiger partial charge in [-0.15, -0.1) is 0 Å². The number of hydrogen-bond donors (Lipinski definition) is 0. The molecule has 132 valence electrons. The smallest absolute Gasteiger partial charge is 0.336 e. The third kappa shape index (κ3) is 3.40. The van der Waals surface area contributed by atoms with Crippen LogP contribution in [0, 0.1) is 0 Å². The Balaban J connectivity index is 2.03. The molecule has 0 spiro atoms. The van der Waals surface area contributed by atoms with E-state index in [0.717, 1.165) is 27.6 Å². The summed E-state index contributed by atoms with van der Waals surface area (Å²) in [6.07, 6.45) is 2.02. The first-order valence-electron chi connectivity index (χ1n) is 8.69. The van der Waals surface area contributed by atoms with Gasteiger partial charge in [-0.3, -0.25) is 0 Å². The maximum Gasteiger partial charge on any atom is 0.336 e. The second kappa shape index (κ2) is 7.34. The molecule has 0 atom stereocenters. The predicted octanol–water partition coefficient (Wildman–Crippen LogP) is 5.39. The normalized spacial score (nSPS) is 10.6. The van der Waals surface area contributed by atoms with Crippen LogP contribution in [0.1, 0.15) is 16.7 Å². The molecule has 0 aliphatic rings. The van der Waals surface area contributed by atoms with Gasteiger partial charge in [0.25, 0.3) is 0 Å². The van der Waals surface area contributed by atoms with Crippen LogP contribution < -0.4 is 10.4 Å². The topological polar surface area (TPSA) is 39.4 Å². The van der Waals surface area contributed by atoms with Crippen molar-refractivity contribution in [1.82, 2.24) is 0 Å². The number of methoxy groups -OCH3 is 1. The zero-order chi connectivity index (χ0) is 18.6. The van der Waals surface area contributed by atoms with Gasteiger partial charge >= 0.3 is 5.63 Å². The molecule has 1 aromatic heterocycles. The van der Waals surface area contributed by atoms with Crippen LogP contribution in [0.3, 0.4) is 0 Å². The molecule has 4 rings (SSSR count). The van der Waals surface area contributed by atoms with Crippen molar-refractivity contribution in [2.75, 3.05) is 7.11 Å². The van der Waals surface area contributed by atoms with Gasteiger partial charge in [0.2, 0.25) is 0 Å². The Kier molecular flexibility index (Phi) is 4.58. The fourth-order valence-corrected chi connectivity index (χ4v) is 3.23. The molecule has 0 saturated heterocycles. The van der Waals surface area contributed by atoms with Crippen molar-refractivity contribution in [3.05, 3.63) is 112 Å². The quantitative estimate of drug-likeness (QED) is 0.461. The highest BCUT2D eigenvalue weighted by molar-refractivity contribution is 5.99. The van der Waals surface area contributed by atoms with Gasteiger partial charge in [-0.1, -0.05) is 66.7 Å². The van der Waals surface area contributed by atoms with Gasteiger partial charge < -0.3 is 9.15 Å². The Morgan fingerprint density at radius 3 is 2.07 bits per heavy atom. The first-order valence-corrected chi connectivity index (χ1v) is 8.69. The number of hydrogen-bond acceptors (Lipinski definition) is 3. The summed E-state index contributed by atoms with van der Waals surface area (Å²) in [6.45, 7) is 0. The number of benzene rings is 3. The summed E-state index contributed by atoms with van der Waals surface area (Å²) in [5.74, 6) is 0.669. The molecule has 27 heavy (non-hydrogen) atoms. The largest absolute Gasteiger partial charge is 0.496 e. The Bertz CT molecular complexity index is 1120. The lowest BCUT2D eigenvalue weighted by molar-refractivity contribution is 0.418. The van der Waals surface area contributed by atoms with E-state index in [1.54, 1.807) is 13.2 Å². The molecule has 0 fully saturated rings. The average molecular weight is 354 g/mol. The van der Waals surface area contributed by atoms with Gasteiger partial charge in [-0.05, 0) is 40.5 Å². The third-order valence-corrected chi connectivity index (χ3v) is 4.45. The summed E-state index contributed by atoms with van der Waals surface area (Å²) in [5, 5.41) is 0.781. The number of ether oxygens (including phenoxy) is 1. The molecule has 4 aromatic rings. The number of fused-ring (bicyclic) bond motifs is 1. The van der Waals surface area contributed by atoms with Crippen LogP contribution in [0.2, 0.25) is 0 Å². The zero-order valence-corrected chi connectivity index (χ0v) is 14.9. The van der Waals surface area contributed by atoms with Crippen molar-refractivity contribution in [3.63, 3.8) is 0 Å². The molecule has 1 heterocycles. The van der Waals surface area contributed by atoms with Crippen molar-refractivity contribution in [2.24, 2.45) is 0 Å². The summed E-state index contributed by atoms with van der Waals surface area (Å²) in [6, 6.07) is 27.2. The van der Waals surface area contributed by atoms with Crippen LogP contribution in [-0.4, -0.2) is 7.11 Å². The molecular formula is C24H18O3. The van der Waals surface area contributed by atoms with Gasteiger partial charge in [0.15, 0.2) is 0 Å². The zero-order valence-electron chi connectivity index (χ0n) is 14.9. The molecule has 0 aliphatic heterocycles. The van der Waals surface area contributed by atoms with Crippen molar-refractivity contribution < 1.29 is 9.15 Å². The molecular weight excluding hydrogens is 336 g/mol. The lowest BCUT2D eigenvalue weighted by Gasteiger charge is -2.11. The Morgan fingerprint density at radius 1 is 0.852 bits per heavy atom. The van der Waals surface area contributed by atoms with E-state index in [4.69, 9.17) is 9.15 Å². The highest BCUT2D eigenvalue weighted by Crippen LogP contribution is 2.32. The highest BCUT2D eigenvalue weighted by atomic mass is 16.5. The Morgan fingerprint density at radius 2 is 1.48 bits per heavy atom. The summed E-state index contributed by atoms with van der Waals surface area (Å²) in [7, 11) is 1.61. The van der Waals surface area contributed by atoms with E-state index in [0.29, 0.717) is 11.3 Å². The molecule has 0 unspecified atom stereocenters. The van der Waals surface area contributed by atoms with E-state index in [1.807, 2.05) is 54.6 Å². The third-order valence-electron chi connectivity index (χ3n) is 4.45. The van der Waals surface area contributed by atoms with Gasteiger partial charge in [-0.2, -0.15) is 0 Å². The van der Waals surface area contributed by atoms with Gasteiger partial charge in [0.1, 0.15) is 11.3 Å². The van der Waals surface area contributed by atoms with Gasteiger partial charge in [0.05, 0.1) is 12.5 Å². The minimum absolute atomic E-state index is 0.387. The SMILES string of the molecule is COc1cccc2oc(=O)cc(C=C(c3ccccc3)c3ccccc3)c12. The van der Waals surface area contributed by atoms with Crippen LogP contribution in [0.5, 0.6) is 5.75 Å². The highest BCUT2D eigenvalue weighted by Gasteiger charge is 2.12. The molecule has 3 heteroatoms. The van der Waals surface area contributed by atoms with E-state index < -0.39 is 0 Å². The van der Waals surface area contributed by atoms with Gasteiger partial charge in [0, 0.05) is 6.07 Å². The van der Waals surface area contributed by atoms with E-state index in [1.165, 1.54) is 6.07 Å². The fourth-order valence-electron chi connectivity index (χ4n) is 3.23. The minimum atomic E-state index is -0.387. The first-order chi connectivity index (χ1) is 13.3. The summed E-state index contributed by atoms with van der Waals surface area (Å²) < 4.78 is 10.9. The van der Waals surface area contributed by atoms with Crippen molar-refractivity contribution >= 4 is 22.6 Å². The van der Waals surface area contributed by atoms with Gasteiger partial charge in [-0.25, -0.2) is 4.79 Å². The maximum absolute atomic E-state index is 12.1. The van der Waals surface area contributed by atoms with E-state index >= 15 is 0 Å². The van der Waals surface area contributed by atoms with Crippen molar-refractivity contribution in [3.8, 4) is 5.75 Å². The molecule has 3 nitrogen and oxygen atoms in total. The van der Waals surface area contributed by atoms with E-state index in [-0.39, 0.29) is 5.63 Å². The maximum atomic E-state index is 12.1. The molecule has 0 saturated carbocycles. The summed E-state index contributed by atoms with van der Waals surface area (Å²) in [5.41, 5.74) is 4.05. The molecule has 0 amide bonds.